The fraction of sp³-hybridized carbons (Fsp3) is 0.238. The van der Waals surface area contributed by atoms with Gasteiger partial charge in [-0.1, -0.05) is 36.4 Å². The van der Waals surface area contributed by atoms with Crippen LogP contribution in [0.5, 0.6) is 5.75 Å². The molecule has 132 valence electrons. The normalized spacial score (nSPS) is 18.4. The summed E-state index contributed by atoms with van der Waals surface area (Å²) in [6.45, 7) is 2.01. The van der Waals surface area contributed by atoms with Gasteiger partial charge in [0.15, 0.2) is 5.69 Å². The van der Waals surface area contributed by atoms with Gasteiger partial charge in [0.25, 0.3) is 5.91 Å². The molecule has 1 heterocycles. The summed E-state index contributed by atoms with van der Waals surface area (Å²) in [4.78, 5) is 12.5. The number of benzene rings is 2. The molecule has 26 heavy (non-hydrogen) atoms. The molecule has 3 aromatic rings. The highest BCUT2D eigenvalue weighted by atomic mass is 16.5. The van der Waals surface area contributed by atoms with Crippen LogP contribution in [-0.2, 0) is 0 Å². The van der Waals surface area contributed by atoms with Crippen molar-refractivity contribution in [1.82, 2.24) is 15.1 Å². The Kier molecular flexibility index (Phi) is 4.21. The predicted octanol–water partition coefficient (Wildman–Crippen LogP) is 3.48. The number of hydrogen-bond acceptors (Lipinski definition) is 3. The van der Waals surface area contributed by atoms with Crippen molar-refractivity contribution in [2.45, 2.75) is 25.3 Å². The van der Waals surface area contributed by atoms with Gasteiger partial charge in [-0.15, -0.1) is 0 Å². The number of ether oxygens (including phenoxy) is 1. The van der Waals surface area contributed by atoms with Crippen molar-refractivity contribution in [1.29, 1.82) is 0 Å². The average molecular weight is 347 g/mol. The molecule has 0 unspecified atom stereocenters. The van der Waals surface area contributed by atoms with Gasteiger partial charge in [0.1, 0.15) is 11.4 Å². The van der Waals surface area contributed by atoms with Crippen LogP contribution in [0.25, 0.3) is 5.69 Å². The van der Waals surface area contributed by atoms with E-state index in [0.717, 1.165) is 23.4 Å². The molecule has 0 saturated heterocycles. The molecule has 2 atom stereocenters. The minimum Gasteiger partial charge on any atom is -0.494 e. The molecule has 0 spiro atoms. The van der Waals surface area contributed by atoms with Gasteiger partial charge in [-0.2, -0.15) is 5.10 Å². The van der Waals surface area contributed by atoms with Crippen LogP contribution in [0.1, 0.15) is 34.0 Å². The quantitative estimate of drug-likeness (QED) is 0.769. The SMILES string of the molecule is COc1ccc(C)cc1-n1ccc(C(=O)N[C@H]2C[C@H]2c2ccccc2)n1. The Morgan fingerprint density at radius 1 is 1.19 bits per heavy atom. The third-order valence-electron chi connectivity index (χ3n) is 4.74. The van der Waals surface area contributed by atoms with Crippen LogP contribution in [0.3, 0.4) is 0 Å². The number of carbonyl (C=O) groups is 1. The molecule has 5 nitrogen and oxygen atoms in total. The lowest BCUT2D eigenvalue weighted by molar-refractivity contribution is 0.0945. The lowest BCUT2D eigenvalue weighted by atomic mass is 10.1. The van der Waals surface area contributed by atoms with Crippen molar-refractivity contribution in [2.75, 3.05) is 7.11 Å². The molecular weight excluding hydrogens is 326 g/mol. The molecule has 5 heteroatoms. The van der Waals surface area contributed by atoms with Crippen LogP contribution in [-0.4, -0.2) is 28.8 Å². The first-order valence-corrected chi connectivity index (χ1v) is 8.72. The van der Waals surface area contributed by atoms with Crippen LogP contribution < -0.4 is 10.1 Å². The van der Waals surface area contributed by atoms with E-state index in [0.29, 0.717) is 11.6 Å². The summed E-state index contributed by atoms with van der Waals surface area (Å²) >= 11 is 0. The van der Waals surface area contributed by atoms with Crippen molar-refractivity contribution in [2.24, 2.45) is 0 Å². The summed E-state index contributed by atoms with van der Waals surface area (Å²) in [5.74, 6) is 0.981. The first-order valence-electron chi connectivity index (χ1n) is 8.72. The Hall–Kier alpha value is -3.08. The maximum Gasteiger partial charge on any atom is 0.272 e. The second kappa shape index (κ2) is 6.67. The topological polar surface area (TPSA) is 56.1 Å². The van der Waals surface area contributed by atoms with Crippen LogP contribution in [0.4, 0.5) is 0 Å². The highest BCUT2D eigenvalue weighted by Crippen LogP contribution is 2.40. The highest BCUT2D eigenvalue weighted by molar-refractivity contribution is 5.92. The second-order valence-corrected chi connectivity index (χ2v) is 6.65. The number of amides is 1. The molecule has 0 bridgehead atoms. The smallest absolute Gasteiger partial charge is 0.272 e. The van der Waals surface area contributed by atoms with Gasteiger partial charge in [0, 0.05) is 18.2 Å². The fourth-order valence-corrected chi connectivity index (χ4v) is 3.22. The van der Waals surface area contributed by atoms with Crippen molar-refractivity contribution >= 4 is 5.91 Å². The number of carbonyl (C=O) groups excluding carboxylic acids is 1. The third-order valence-corrected chi connectivity index (χ3v) is 4.74. The lowest BCUT2D eigenvalue weighted by Gasteiger charge is -2.09. The van der Waals surface area contributed by atoms with Gasteiger partial charge in [-0.3, -0.25) is 4.79 Å². The van der Waals surface area contributed by atoms with E-state index in [1.54, 1.807) is 24.1 Å². The van der Waals surface area contributed by atoms with Crippen molar-refractivity contribution in [3.63, 3.8) is 0 Å². The Labute approximate surface area is 152 Å². The van der Waals surface area contributed by atoms with E-state index < -0.39 is 0 Å². The minimum absolute atomic E-state index is 0.140. The molecule has 1 aliphatic rings. The van der Waals surface area contributed by atoms with E-state index >= 15 is 0 Å². The molecule has 2 aromatic carbocycles. The summed E-state index contributed by atoms with van der Waals surface area (Å²) in [6.07, 6.45) is 2.76. The van der Waals surface area contributed by atoms with E-state index in [4.69, 9.17) is 4.74 Å². The summed E-state index contributed by atoms with van der Waals surface area (Å²) in [5.41, 5.74) is 3.60. The van der Waals surface area contributed by atoms with Gasteiger partial charge in [0.2, 0.25) is 0 Å². The van der Waals surface area contributed by atoms with E-state index in [1.165, 1.54) is 5.56 Å². The van der Waals surface area contributed by atoms with Crippen LogP contribution in [0, 0.1) is 6.92 Å². The second-order valence-electron chi connectivity index (χ2n) is 6.65. The average Bonchev–Trinajstić information content (AvgIpc) is 3.25. The largest absolute Gasteiger partial charge is 0.494 e. The minimum atomic E-state index is -0.140. The summed E-state index contributed by atoms with van der Waals surface area (Å²) in [6, 6.07) is 18.1. The summed E-state index contributed by atoms with van der Waals surface area (Å²) < 4.78 is 7.08. The van der Waals surface area contributed by atoms with Crippen molar-refractivity contribution in [3.8, 4) is 11.4 Å². The van der Waals surface area contributed by atoms with Crippen molar-refractivity contribution < 1.29 is 9.53 Å². The van der Waals surface area contributed by atoms with E-state index in [2.05, 4.69) is 22.5 Å². The van der Waals surface area contributed by atoms with E-state index in [9.17, 15) is 4.79 Å². The molecule has 1 fully saturated rings. The number of aromatic nitrogens is 2. The maximum absolute atomic E-state index is 12.5. The number of hydrogen-bond donors (Lipinski definition) is 1. The lowest BCUT2D eigenvalue weighted by Crippen LogP contribution is -2.27. The van der Waals surface area contributed by atoms with Gasteiger partial charge in [-0.05, 0) is 42.7 Å². The number of nitrogens with one attached hydrogen (secondary N) is 1. The van der Waals surface area contributed by atoms with Crippen LogP contribution in [0.15, 0.2) is 60.8 Å². The van der Waals surface area contributed by atoms with Gasteiger partial charge >= 0.3 is 0 Å². The van der Waals surface area contributed by atoms with Gasteiger partial charge in [-0.25, -0.2) is 4.68 Å². The van der Waals surface area contributed by atoms with Crippen molar-refractivity contribution in [3.05, 3.63) is 77.6 Å². The summed E-state index contributed by atoms with van der Waals surface area (Å²) in [5, 5.41) is 7.51. The zero-order valence-electron chi connectivity index (χ0n) is 14.8. The molecule has 1 aliphatic carbocycles. The number of nitrogens with zero attached hydrogens (tertiary/aromatic N) is 2. The summed E-state index contributed by atoms with van der Waals surface area (Å²) in [7, 11) is 1.63. The Morgan fingerprint density at radius 2 is 2.00 bits per heavy atom. The van der Waals surface area contributed by atoms with Gasteiger partial charge < -0.3 is 10.1 Å². The number of aryl methyl sites for hydroxylation is 1. The monoisotopic (exact) mass is 347 g/mol. The van der Waals surface area contributed by atoms with E-state index in [-0.39, 0.29) is 11.9 Å². The molecule has 4 rings (SSSR count). The molecule has 0 radical (unpaired) electrons. The number of rotatable bonds is 5. The number of methoxy groups -OCH3 is 1. The third kappa shape index (κ3) is 3.20. The Bertz CT molecular complexity index is 933. The standard InChI is InChI=1S/C21H21N3O2/c1-14-8-9-20(26-2)19(12-14)24-11-10-17(23-24)21(25)22-18-13-16(18)15-6-4-3-5-7-15/h3-12,16,18H,13H2,1-2H3,(H,22,25)/t16-,18-/m0/s1. The Balaban J connectivity index is 1.47. The van der Waals surface area contributed by atoms with Gasteiger partial charge in [0.05, 0.1) is 7.11 Å². The zero-order valence-corrected chi connectivity index (χ0v) is 14.8. The maximum atomic E-state index is 12.5. The molecule has 0 aliphatic heterocycles. The Morgan fingerprint density at radius 3 is 2.77 bits per heavy atom. The first-order chi connectivity index (χ1) is 12.7. The fourth-order valence-electron chi connectivity index (χ4n) is 3.22. The van der Waals surface area contributed by atoms with Crippen LogP contribution >= 0.6 is 0 Å². The predicted molar refractivity (Wildman–Crippen MR) is 99.9 cm³/mol. The van der Waals surface area contributed by atoms with Crippen LogP contribution in [0.2, 0.25) is 0 Å². The molecule has 1 amide bonds. The first kappa shape index (κ1) is 16.4. The molecule has 1 aromatic heterocycles. The zero-order chi connectivity index (χ0) is 18.1. The highest BCUT2D eigenvalue weighted by Gasteiger charge is 2.39. The molecular formula is C21H21N3O2. The molecule has 1 N–H and O–H groups in total. The molecule has 1 saturated carbocycles. The van der Waals surface area contributed by atoms with E-state index in [1.807, 2.05) is 43.3 Å².